The Labute approximate surface area is 102 Å². The van der Waals surface area contributed by atoms with Crippen LogP contribution in [0.3, 0.4) is 0 Å². The third-order valence-electron chi connectivity index (χ3n) is 2.64. The van der Waals surface area contributed by atoms with Crippen molar-refractivity contribution in [2.24, 2.45) is 5.92 Å². The maximum Gasteiger partial charge on any atom is 0.216 e. The van der Waals surface area contributed by atoms with Gasteiger partial charge < -0.3 is 0 Å². The van der Waals surface area contributed by atoms with Gasteiger partial charge in [0, 0.05) is 6.04 Å². The summed E-state index contributed by atoms with van der Waals surface area (Å²) in [5.41, 5.74) is 0.579. The molecule has 0 saturated carbocycles. The number of hydrogen-bond donors (Lipinski definition) is 1. The summed E-state index contributed by atoms with van der Waals surface area (Å²) < 4.78 is 38.9. The van der Waals surface area contributed by atoms with E-state index in [2.05, 4.69) is 4.72 Å². The Balaban J connectivity index is 2.70. The number of benzene rings is 1. The lowest BCUT2D eigenvalue weighted by Crippen LogP contribution is -2.36. The van der Waals surface area contributed by atoms with Crippen molar-refractivity contribution < 1.29 is 12.8 Å². The molecule has 0 saturated heterocycles. The van der Waals surface area contributed by atoms with Crippen molar-refractivity contribution in [2.75, 3.05) is 0 Å². The summed E-state index contributed by atoms with van der Waals surface area (Å²) in [5.74, 6) is -0.253. The molecule has 0 spiro atoms. The van der Waals surface area contributed by atoms with Gasteiger partial charge in [-0.15, -0.1) is 0 Å². The molecule has 0 aliphatic rings. The van der Waals surface area contributed by atoms with E-state index in [1.54, 1.807) is 0 Å². The van der Waals surface area contributed by atoms with Crippen LogP contribution in [-0.4, -0.2) is 14.5 Å². The summed E-state index contributed by atoms with van der Waals surface area (Å²) in [6, 6.07) is 5.37. The zero-order valence-electron chi connectivity index (χ0n) is 10.3. The molecule has 1 aromatic rings. The minimum Gasteiger partial charge on any atom is -0.212 e. The zero-order valence-corrected chi connectivity index (χ0v) is 11.1. The second-order valence-corrected chi connectivity index (χ2v) is 6.29. The average Bonchev–Trinajstić information content (AvgIpc) is 2.20. The minimum absolute atomic E-state index is 0.111. The Hall–Kier alpha value is -0.940. The van der Waals surface area contributed by atoms with Crippen molar-refractivity contribution in [2.45, 2.75) is 32.6 Å². The van der Waals surface area contributed by atoms with Crippen LogP contribution in [0.4, 0.5) is 4.39 Å². The molecule has 3 nitrogen and oxygen atoms in total. The first-order chi connectivity index (χ1) is 7.80. The zero-order chi connectivity index (χ0) is 13.1. The molecule has 1 aromatic carbocycles. The van der Waals surface area contributed by atoms with Crippen LogP contribution in [0.5, 0.6) is 0 Å². The first kappa shape index (κ1) is 14.1. The fourth-order valence-corrected chi connectivity index (χ4v) is 2.81. The van der Waals surface area contributed by atoms with Gasteiger partial charge in [-0.25, -0.2) is 17.5 Å². The molecular formula is C12H18FNO2S. The quantitative estimate of drug-likeness (QED) is 0.882. The molecule has 0 aliphatic heterocycles. The summed E-state index contributed by atoms with van der Waals surface area (Å²) in [6.45, 7) is 5.73. The van der Waals surface area contributed by atoms with Crippen molar-refractivity contribution in [3.05, 3.63) is 35.6 Å². The summed E-state index contributed by atoms with van der Waals surface area (Å²) >= 11 is 0. The van der Waals surface area contributed by atoms with E-state index in [4.69, 9.17) is 0 Å². The second-order valence-electron chi connectivity index (χ2n) is 4.54. The first-order valence-corrected chi connectivity index (χ1v) is 7.20. The standard InChI is InChI=1S/C12H18FNO2S/c1-9(2)10(3)14-17(15,16)8-11-4-6-12(13)7-5-11/h4-7,9-10,14H,8H2,1-3H3/t10-/m0/s1. The third kappa shape index (κ3) is 4.83. The number of halogens is 1. The van der Waals surface area contributed by atoms with Crippen molar-refractivity contribution in [3.8, 4) is 0 Å². The van der Waals surface area contributed by atoms with Crippen molar-refractivity contribution in [1.29, 1.82) is 0 Å². The van der Waals surface area contributed by atoms with Gasteiger partial charge in [0.2, 0.25) is 10.0 Å². The van der Waals surface area contributed by atoms with Gasteiger partial charge in [-0.2, -0.15) is 0 Å². The Kier molecular flexibility index (Phi) is 4.65. The average molecular weight is 259 g/mol. The molecule has 0 bridgehead atoms. The summed E-state index contributed by atoms with van der Waals surface area (Å²) in [4.78, 5) is 0. The summed E-state index contributed by atoms with van der Waals surface area (Å²) in [7, 11) is -3.36. The van der Waals surface area contributed by atoms with Gasteiger partial charge in [0.1, 0.15) is 5.82 Å². The van der Waals surface area contributed by atoms with Crippen LogP contribution in [0, 0.1) is 11.7 Å². The maximum atomic E-state index is 12.7. The lowest BCUT2D eigenvalue weighted by atomic mass is 10.1. The number of sulfonamides is 1. The van der Waals surface area contributed by atoms with E-state index in [9.17, 15) is 12.8 Å². The fourth-order valence-electron chi connectivity index (χ4n) is 1.26. The molecule has 17 heavy (non-hydrogen) atoms. The third-order valence-corrected chi connectivity index (χ3v) is 4.08. The molecule has 5 heteroatoms. The van der Waals surface area contributed by atoms with Gasteiger partial charge in [0.15, 0.2) is 0 Å². The predicted octanol–water partition coefficient (Wildman–Crippen LogP) is 2.29. The van der Waals surface area contributed by atoms with Crippen LogP contribution in [0.25, 0.3) is 0 Å². The Morgan fingerprint density at radius 1 is 1.18 bits per heavy atom. The van der Waals surface area contributed by atoms with Crippen LogP contribution < -0.4 is 4.72 Å². The molecule has 0 radical (unpaired) electrons. The normalized spacial score (nSPS) is 13.9. The lowest BCUT2D eigenvalue weighted by Gasteiger charge is -2.17. The van der Waals surface area contributed by atoms with Crippen molar-refractivity contribution in [3.63, 3.8) is 0 Å². The topological polar surface area (TPSA) is 46.2 Å². The molecule has 1 rings (SSSR count). The lowest BCUT2D eigenvalue weighted by molar-refractivity contribution is 0.476. The van der Waals surface area contributed by atoms with Crippen molar-refractivity contribution in [1.82, 2.24) is 4.72 Å². The number of nitrogens with one attached hydrogen (secondary N) is 1. The van der Waals surface area contributed by atoms with E-state index in [0.717, 1.165) is 0 Å². The van der Waals surface area contributed by atoms with Gasteiger partial charge >= 0.3 is 0 Å². The van der Waals surface area contributed by atoms with Crippen LogP contribution in [0.1, 0.15) is 26.3 Å². The Bertz CT molecular complexity index is 454. The molecule has 0 aromatic heterocycles. The van der Waals surface area contributed by atoms with Crippen LogP contribution in [0.2, 0.25) is 0 Å². The fraction of sp³-hybridized carbons (Fsp3) is 0.500. The van der Waals surface area contributed by atoms with Gasteiger partial charge in [0.25, 0.3) is 0 Å². The molecular weight excluding hydrogens is 241 g/mol. The molecule has 96 valence electrons. The highest BCUT2D eigenvalue weighted by Crippen LogP contribution is 2.09. The van der Waals surface area contributed by atoms with E-state index in [1.165, 1.54) is 24.3 Å². The first-order valence-electron chi connectivity index (χ1n) is 5.54. The number of hydrogen-bond acceptors (Lipinski definition) is 2. The molecule has 1 N–H and O–H groups in total. The van der Waals surface area contributed by atoms with Crippen molar-refractivity contribution >= 4 is 10.0 Å². The maximum absolute atomic E-state index is 12.7. The highest BCUT2D eigenvalue weighted by molar-refractivity contribution is 7.88. The number of rotatable bonds is 5. The molecule has 0 unspecified atom stereocenters. The Morgan fingerprint density at radius 2 is 1.71 bits per heavy atom. The van der Waals surface area contributed by atoms with Crippen LogP contribution >= 0.6 is 0 Å². The molecule has 1 atom stereocenters. The van der Waals surface area contributed by atoms with E-state index in [1.807, 2.05) is 20.8 Å². The minimum atomic E-state index is -3.36. The summed E-state index contributed by atoms with van der Waals surface area (Å²) in [5, 5.41) is 0. The monoisotopic (exact) mass is 259 g/mol. The van der Waals surface area contributed by atoms with Gasteiger partial charge in [-0.05, 0) is 30.5 Å². The highest BCUT2D eigenvalue weighted by Gasteiger charge is 2.17. The van der Waals surface area contributed by atoms with Gasteiger partial charge in [0.05, 0.1) is 5.75 Å². The van der Waals surface area contributed by atoms with E-state index < -0.39 is 10.0 Å². The Morgan fingerprint density at radius 3 is 2.18 bits per heavy atom. The predicted molar refractivity (Wildman–Crippen MR) is 66.5 cm³/mol. The highest BCUT2D eigenvalue weighted by atomic mass is 32.2. The smallest absolute Gasteiger partial charge is 0.212 e. The molecule has 0 heterocycles. The van der Waals surface area contributed by atoms with Gasteiger partial charge in [-0.3, -0.25) is 0 Å². The van der Waals surface area contributed by atoms with Crippen LogP contribution in [-0.2, 0) is 15.8 Å². The largest absolute Gasteiger partial charge is 0.216 e. The molecule has 0 aliphatic carbocycles. The second kappa shape index (κ2) is 5.60. The SMILES string of the molecule is CC(C)[C@H](C)NS(=O)(=O)Cc1ccc(F)cc1. The van der Waals surface area contributed by atoms with E-state index >= 15 is 0 Å². The van der Waals surface area contributed by atoms with E-state index in [-0.39, 0.29) is 23.5 Å². The van der Waals surface area contributed by atoms with Crippen LogP contribution in [0.15, 0.2) is 24.3 Å². The molecule has 0 fully saturated rings. The van der Waals surface area contributed by atoms with E-state index in [0.29, 0.717) is 5.56 Å². The van der Waals surface area contributed by atoms with Gasteiger partial charge in [-0.1, -0.05) is 26.0 Å². The molecule has 0 amide bonds. The summed E-state index contributed by atoms with van der Waals surface area (Å²) in [6.07, 6.45) is 0.